The average Bonchev–Trinajstić information content (AvgIpc) is 2.91. The molecule has 2 aromatic heterocycles. The summed E-state index contributed by atoms with van der Waals surface area (Å²) in [5.74, 6) is -0.235. The van der Waals surface area contributed by atoms with Crippen LogP contribution in [0.1, 0.15) is 22.8 Å². The number of nitrogens with one attached hydrogen (secondary N) is 1. The van der Waals surface area contributed by atoms with Gasteiger partial charge in [-0.2, -0.15) is 5.10 Å². The van der Waals surface area contributed by atoms with Crippen LogP contribution in [0.2, 0.25) is 0 Å². The zero-order valence-corrected chi connectivity index (χ0v) is 11.6. The summed E-state index contributed by atoms with van der Waals surface area (Å²) in [6.07, 6.45) is 7.30. The van der Waals surface area contributed by atoms with E-state index in [1.807, 2.05) is 19.1 Å². The predicted octanol–water partition coefficient (Wildman–Crippen LogP) is 2.13. The lowest BCUT2D eigenvalue weighted by Crippen LogP contribution is -2.12. The molecule has 1 amide bonds. The van der Waals surface area contributed by atoms with Crippen LogP contribution in [0.5, 0.6) is 0 Å². The van der Waals surface area contributed by atoms with Gasteiger partial charge in [-0.3, -0.25) is 9.78 Å². The molecule has 1 aromatic carbocycles. The molecular weight excluding hydrogens is 266 g/mol. The molecule has 106 valence electrons. The topological polar surface area (TPSA) is 85.3 Å². The number of amides is 1. The van der Waals surface area contributed by atoms with Crippen molar-refractivity contribution in [2.45, 2.75) is 13.3 Å². The molecule has 6 nitrogen and oxygen atoms in total. The summed E-state index contributed by atoms with van der Waals surface area (Å²) in [5.41, 5.74) is 9.48. The minimum atomic E-state index is -0.235. The lowest BCUT2D eigenvalue weighted by Gasteiger charge is -2.08. The molecule has 0 fully saturated rings. The largest absolute Gasteiger partial charge is 0.398 e. The van der Waals surface area contributed by atoms with Crippen LogP contribution < -0.4 is 11.1 Å². The summed E-state index contributed by atoms with van der Waals surface area (Å²) < 4.78 is 1.61. The van der Waals surface area contributed by atoms with Crippen LogP contribution in [0.15, 0.2) is 43.0 Å². The minimum absolute atomic E-state index is 0.235. The number of fused-ring (bicyclic) bond motifs is 1. The van der Waals surface area contributed by atoms with Gasteiger partial charge in [0.2, 0.25) is 0 Å². The Morgan fingerprint density at radius 2 is 2.24 bits per heavy atom. The molecule has 0 aliphatic rings. The number of anilines is 2. The lowest BCUT2D eigenvalue weighted by atomic mass is 10.1. The Morgan fingerprint density at radius 1 is 1.38 bits per heavy atom. The standard InChI is InChI=1S/C15H15N5O/c1-2-10-3-4-11(7-13(10)16)19-15(21)12-8-18-20-6-5-17-9-14(12)20/h3-9H,2,16H2,1H3,(H,19,21). The number of carbonyl (C=O) groups excluding carboxylic acids is 1. The number of hydrogen-bond acceptors (Lipinski definition) is 4. The first-order chi connectivity index (χ1) is 10.2. The number of nitrogens with two attached hydrogens (primary N) is 1. The van der Waals surface area contributed by atoms with E-state index in [1.165, 1.54) is 6.20 Å². The molecule has 0 spiro atoms. The van der Waals surface area contributed by atoms with Crippen LogP contribution >= 0.6 is 0 Å². The maximum absolute atomic E-state index is 12.3. The number of carbonyl (C=O) groups is 1. The molecule has 0 aliphatic carbocycles. The molecule has 0 unspecified atom stereocenters. The predicted molar refractivity (Wildman–Crippen MR) is 81.2 cm³/mol. The molecule has 3 N–H and O–H groups in total. The second-order valence-corrected chi connectivity index (χ2v) is 4.69. The monoisotopic (exact) mass is 281 g/mol. The van der Waals surface area contributed by atoms with Crippen molar-refractivity contribution in [3.8, 4) is 0 Å². The Morgan fingerprint density at radius 3 is 3.00 bits per heavy atom. The second kappa shape index (κ2) is 5.24. The van der Waals surface area contributed by atoms with Gasteiger partial charge in [0.05, 0.1) is 23.5 Å². The molecule has 21 heavy (non-hydrogen) atoms. The van der Waals surface area contributed by atoms with Gasteiger partial charge in [-0.15, -0.1) is 0 Å². The van der Waals surface area contributed by atoms with Crippen molar-refractivity contribution < 1.29 is 4.79 Å². The van der Waals surface area contributed by atoms with Gasteiger partial charge in [0.25, 0.3) is 5.91 Å². The van der Waals surface area contributed by atoms with Crippen LogP contribution in [0.4, 0.5) is 11.4 Å². The molecular formula is C15H15N5O. The first-order valence-corrected chi connectivity index (χ1v) is 6.66. The molecule has 3 aromatic rings. The van der Waals surface area contributed by atoms with Gasteiger partial charge in [-0.05, 0) is 24.1 Å². The second-order valence-electron chi connectivity index (χ2n) is 4.69. The van der Waals surface area contributed by atoms with Crippen molar-refractivity contribution in [3.63, 3.8) is 0 Å². The van der Waals surface area contributed by atoms with E-state index in [4.69, 9.17) is 5.73 Å². The van der Waals surface area contributed by atoms with E-state index in [-0.39, 0.29) is 5.91 Å². The number of aryl methyl sites for hydroxylation is 1. The van der Waals surface area contributed by atoms with E-state index in [9.17, 15) is 4.79 Å². The summed E-state index contributed by atoms with van der Waals surface area (Å²) >= 11 is 0. The zero-order chi connectivity index (χ0) is 14.8. The molecule has 6 heteroatoms. The third-order valence-electron chi connectivity index (χ3n) is 3.35. The Labute approximate surface area is 121 Å². The van der Waals surface area contributed by atoms with E-state index in [1.54, 1.807) is 29.2 Å². The Kier molecular flexibility index (Phi) is 3.27. The van der Waals surface area contributed by atoms with Crippen molar-refractivity contribution in [2.24, 2.45) is 0 Å². The highest BCUT2D eigenvalue weighted by molar-refractivity contribution is 6.08. The van der Waals surface area contributed by atoms with Crippen molar-refractivity contribution in [3.05, 3.63) is 54.1 Å². The SMILES string of the molecule is CCc1ccc(NC(=O)c2cnn3ccncc23)cc1N. The normalized spacial score (nSPS) is 10.7. The Bertz CT molecular complexity index is 809. The van der Waals surface area contributed by atoms with Crippen LogP contribution in [0.25, 0.3) is 5.52 Å². The third kappa shape index (κ3) is 2.43. The Balaban J connectivity index is 1.88. The van der Waals surface area contributed by atoms with Crippen molar-refractivity contribution in [1.82, 2.24) is 14.6 Å². The van der Waals surface area contributed by atoms with E-state index < -0.39 is 0 Å². The summed E-state index contributed by atoms with van der Waals surface area (Å²) in [4.78, 5) is 16.3. The summed E-state index contributed by atoms with van der Waals surface area (Å²) in [5, 5.41) is 6.95. The highest BCUT2D eigenvalue weighted by Gasteiger charge is 2.13. The van der Waals surface area contributed by atoms with Crippen LogP contribution in [-0.4, -0.2) is 20.5 Å². The first kappa shape index (κ1) is 13.1. The van der Waals surface area contributed by atoms with Crippen molar-refractivity contribution in [2.75, 3.05) is 11.1 Å². The smallest absolute Gasteiger partial charge is 0.259 e. The van der Waals surface area contributed by atoms with Gasteiger partial charge in [0, 0.05) is 23.8 Å². The highest BCUT2D eigenvalue weighted by atomic mass is 16.1. The number of hydrogen-bond donors (Lipinski definition) is 2. The van der Waals surface area contributed by atoms with E-state index in [2.05, 4.69) is 15.4 Å². The number of aromatic nitrogens is 3. The maximum Gasteiger partial charge on any atom is 0.259 e. The summed E-state index contributed by atoms with van der Waals surface area (Å²) in [6.45, 7) is 2.04. The van der Waals surface area contributed by atoms with E-state index >= 15 is 0 Å². The van der Waals surface area contributed by atoms with Gasteiger partial charge in [0.15, 0.2) is 0 Å². The minimum Gasteiger partial charge on any atom is -0.398 e. The number of nitrogens with zero attached hydrogens (tertiary/aromatic N) is 3. The lowest BCUT2D eigenvalue weighted by molar-refractivity contribution is 0.102. The summed E-state index contributed by atoms with van der Waals surface area (Å²) in [7, 11) is 0. The van der Waals surface area contributed by atoms with Crippen molar-refractivity contribution >= 4 is 22.8 Å². The van der Waals surface area contributed by atoms with Gasteiger partial charge >= 0.3 is 0 Å². The molecule has 2 heterocycles. The molecule has 0 bridgehead atoms. The fourth-order valence-corrected chi connectivity index (χ4v) is 2.20. The third-order valence-corrected chi connectivity index (χ3v) is 3.35. The van der Waals surface area contributed by atoms with Crippen LogP contribution in [0.3, 0.4) is 0 Å². The van der Waals surface area contributed by atoms with Crippen LogP contribution in [-0.2, 0) is 6.42 Å². The molecule has 0 radical (unpaired) electrons. The molecule has 3 rings (SSSR count). The fourth-order valence-electron chi connectivity index (χ4n) is 2.20. The van der Waals surface area contributed by atoms with Crippen molar-refractivity contribution in [1.29, 1.82) is 0 Å². The molecule has 0 atom stereocenters. The molecule has 0 saturated carbocycles. The number of benzene rings is 1. The Hall–Kier alpha value is -2.89. The van der Waals surface area contributed by atoms with Gasteiger partial charge in [-0.1, -0.05) is 13.0 Å². The zero-order valence-electron chi connectivity index (χ0n) is 11.6. The fraction of sp³-hybridized carbons (Fsp3) is 0.133. The van der Waals surface area contributed by atoms with Gasteiger partial charge in [-0.25, -0.2) is 4.52 Å². The van der Waals surface area contributed by atoms with E-state index in [0.29, 0.717) is 22.5 Å². The number of nitrogen functional groups attached to an aromatic ring is 1. The van der Waals surface area contributed by atoms with E-state index in [0.717, 1.165) is 12.0 Å². The van der Waals surface area contributed by atoms with Crippen LogP contribution in [0, 0.1) is 0 Å². The van der Waals surface area contributed by atoms with Gasteiger partial charge in [0.1, 0.15) is 0 Å². The molecule has 0 saturated heterocycles. The maximum atomic E-state index is 12.3. The number of rotatable bonds is 3. The quantitative estimate of drug-likeness (QED) is 0.720. The van der Waals surface area contributed by atoms with Gasteiger partial charge < -0.3 is 11.1 Å². The molecule has 0 aliphatic heterocycles. The first-order valence-electron chi connectivity index (χ1n) is 6.66. The highest BCUT2D eigenvalue weighted by Crippen LogP contribution is 2.19. The average molecular weight is 281 g/mol. The summed E-state index contributed by atoms with van der Waals surface area (Å²) in [6, 6.07) is 5.53.